The molecule has 0 aliphatic rings. The van der Waals surface area contributed by atoms with Gasteiger partial charge in [-0.1, -0.05) is 33.1 Å². The summed E-state index contributed by atoms with van der Waals surface area (Å²) in [5, 5.41) is 13.0. The lowest BCUT2D eigenvalue weighted by Crippen LogP contribution is -2.12. The van der Waals surface area contributed by atoms with E-state index < -0.39 is 5.97 Å². The molecule has 1 aromatic rings. The SMILES string of the molecule is CCCCC(CC)COCc1c(C(=O)O)cnn1C. The third kappa shape index (κ3) is 4.67. The molecule has 0 aliphatic carbocycles. The van der Waals surface area contributed by atoms with E-state index in [0.29, 0.717) is 24.8 Å². The van der Waals surface area contributed by atoms with Crippen LogP contribution in [0.4, 0.5) is 0 Å². The van der Waals surface area contributed by atoms with Gasteiger partial charge in [0, 0.05) is 13.7 Å². The van der Waals surface area contributed by atoms with E-state index in [-0.39, 0.29) is 5.56 Å². The molecule has 1 N–H and O–H groups in total. The van der Waals surface area contributed by atoms with E-state index in [1.807, 2.05) is 0 Å². The van der Waals surface area contributed by atoms with Gasteiger partial charge in [0.05, 0.1) is 18.5 Å². The van der Waals surface area contributed by atoms with Crippen molar-refractivity contribution < 1.29 is 14.6 Å². The van der Waals surface area contributed by atoms with Gasteiger partial charge in [-0.2, -0.15) is 5.10 Å². The normalized spacial score (nSPS) is 12.6. The summed E-state index contributed by atoms with van der Waals surface area (Å²) in [5.41, 5.74) is 0.849. The number of rotatable bonds is 9. The molecule has 0 amide bonds. The van der Waals surface area contributed by atoms with Crippen LogP contribution >= 0.6 is 0 Å². The Kier molecular flexibility index (Phi) is 6.56. The van der Waals surface area contributed by atoms with Crippen LogP contribution in [-0.2, 0) is 18.4 Å². The van der Waals surface area contributed by atoms with Crippen LogP contribution in [0.5, 0.6) is 0 Å². The molecule has 0 saturated carbocycles. The summed E-state index contributed by atoms with van der Waals surface area (Å²) in [6.07, 6.45) is 6.05. The van der Waals surface area contributed by atoms with Gasteiger partial charge < -0.3 is 9.84 Å². The fourth-order valence-corrected chi connectivity index (χ4v) is 2.03. The van der Waals surface area contributed by atoms with Crippen molar-refractivity contribution in [3.05, 3.63) is 17.5 Å². The molecule has 0 radical (unpaired) electrons. The van der Waals surface area contributed by atoms with E-state index >= 15 is 0 Å². The van der Waals surface area contributed by atoms with Gasteiger partial charge in [0.1, 0.15) is 5.56 Å². The van der Waals surface area contributed by atoms with Crippen molar-refractivity contribution in [3.63, 3.8) is 0 Å². The molecule has 1 atom stereocenters. The first-order valence-corrected chi connectivity index (χ1v) is 6.92. The first kappa shape index (κ1) is 15.7. The summed E-state index contributed by atoms with van der Waals surface area (Å²) in [4.78, 5) is 11.0. The number of carboxylic acids is 1. The molecule has 0 fully saturated rings. The van der Waals surface area contributed by atoms with Gasteiger partial charge >= 0.3 is 5.97 Å². The number of nitrogens with zero attached hydrogens (tertiary/aromatic N) is 2. The maximum Gasteiger partial charge on any atom is 0.339 e. The monoisotopic (exact) mass is 268 g/mol. The molecular formula is C14H24N2O3. The number of aromatic carboxylic acids is 1. The number of hydrogen-bond acceptors (Lipinski definition) is 3. The molecule has 0 saturated heterocycles. The molecule has 5 heteroatoms. The number of carboxylic acid groups (broad SMARTS) is 1. The van der Waals surface area contributed by atoms with E-state index in [1.165, 1.54) is 25.5 Å². The number of carbonyl (C=O) groups is 1. The first-order valence-electron chi connectivity index (χ1n) is 6.92. The van der Waals surface area contributed by atoms with E-state index in [4.69, 9.17) is 9.84 Å². The second-order valence-electron chi connectivity index (χ2n) is 4.87. The minimum Gasteiger partial charge on any atom is -0.478 e. The second-order valence-corrected chi connectivity index (χ2v) is 4.87. The van der Waals surface area contributed by atoms with Crippen molar-refractivity contribution in [2.75, 3.05) is 6.61 Å². The van der Waals surface area contributed by atoms with Gasteiger partial charge in [0.2, 0.25) is 0 Å². The zero-order valence-corrected chi connectivity index (χ0v) is 12.1. The lowest BCUT2D eigenvalue weighted by molar-refractivity contribution is 0.0661. The Balaban J connectivity index is 2.48. The molecular weight excluding hydrogens is 244 g/mol. The standard InChI is InChI=1S/C14H24N2O3/c1-4-6-7-11(5-2)9-19-10-13-12(14(17)18)8-15-16(13)3/h8,11H,4-7,9-10H2,1-3H3,(H,17,18). The van der Waals surface area contributed by atoms with Crippen LogP contribution in [-0.4, -0.2) is 27.5 Å². The number of ether oxygens (including phenoxy) is 1. The topological polar surface area (TPSA) is 64.3 Å². The van der Waals surface area contributed by atoms with Gasteiger partial charge in [0.15, 0.2) is 0 Å². The second kappa shape index (κ2) is 7.94. The summed E-state index contributed by atoms with van der Waals surface area (Å²) in [6.45, 7) is 5.33. The average molecular weight is 268 g/mol. The fourth-order valence-electron chi connectivity index (χ4n) is 2.03. The van der Waals surface area contributed by atoms with Gasteiger partial charge in [-0.25, -0.2) is 4.79 Å². The van der Waals surface area contributed by atoms with Crippen LogP contribution in [0.2, 0.25) is 0 Å². The molecule has 1 rings (SSSR count). The highest BCUT2D eigenvalue weighted by Gasteiger charge is 2.15. The summed E-state index contributed by atoms with van der Waals surface area (Å²) in [5.74, 6) is -0.397. The third-order valence-electron chi connectivity index (χ3n) is 3.43. The maximum atomic E-state index is 11.0. The van der Waals surface area contributed by atoms with Crippen LogP contribution < -0.4 is 0 Å². The fraction of sp³-hybridized carbons (Fsp3) is 0.714. The first-order chi connectivity index (χ1) is 9.10. The Hall–Kier alpha value is -1.36. The molecule has 19 heavy (non-hydrogen) atoms. The Bertz CT molecular complexity index is 401. The van der Waals surface area contributed by atoms with Crippen LogP contribution in [0.25, 0.3) is 0 Å². The number of aromatic nitrogens is 2. The molecule has 0 spiro atoms. The summed E-state index contributed by atoms with van der Waals surface area (Å²) >= 11 is 0. The highest BCUT2D eigenvalue weighted by molar-refractivity contribution is 5.88. The zero-order valence-electron chi connectivity index (χ0n) is 12.1. The lowest BCUT2D eigenvalue weighted by atomic mass is 10.0. The van der Waals surface area contributed by atoms with Crippen LogP contribution in [0.15, 0.2) is 6.20 Å². The Morgan fingerprint density at radius 3 is 2.84 bits per heavy atom. The van der Waals surface area contributed by atoms with E-state index in [2.05, 4.69) is 18.9 Å². The molecule has 0 aromatic carbocycles. The zero-order chi connectivity index (χ0) is 14.3. The van der Waals surface area contributed by atoms with Gasteiger partial charge in [-0.15, -0.1) is 0 Å². The quantitative estimate of drug-likeness (QED) is 0.748. The molecule has 1 aromatic heterocycles. The van der Waals surface area contributed by atoms with Crippen molar-refractivity contribution in [2.45, 2.75) is 46.1 Å². The summed E-state index contributed by atoms with van der Waals surface area (Å²) < 4.78 is 7.24. The van der Waals surface area contributed by atoms with Crippen molar-refractivity contribution >= 4 is 5.97 Å². The molecule has 5 nitrogen and oxygen atoms in total. The molecule has 108 valence electrons. The van der Waals surface area contributed by atoms with Crippen molar-refractivity contribution in [1.29, 1.82) is 0 Å². The van der Waals surface area contributed by atoms with E-state index in [1.54, 1.807) is 11.7 Å². The minimum absolute atomic E-state index is 0.226. The van der Waals surface area contributed by atoms with Gasteiger partial charge in [-0.05, 0) is 12.3 Å². The average Bonchev–Trinajstić information content (AvgIpc) is 2.75. The number of aryl methyl sites for hydroxylation is 1. The van der Waals surface area contributed by atoms with Crippen molar-refractivity contribution in [2.24, 2.45) is 13.0 Å². The van der Waals surface area contributed by atoms with Crippen LogP contribution in [0.3, 0.4) is 0 Å². The largest absolute Gasteiger partial charge is 0.478 e. The Morgan fingerprint density at radius 1 is 1.53 bits per heavy atom. The predicted octanol–water partition coefficient (Wildman–Crippen LogP) is 2.85. The van der Waals surface area contributed by atoms with E-state index in [0.717, 1.165) is 6.42 Å². The highest BCUT2D eigenvalue weighted by atomic mass is 16.5. The van der Waals surface area contributed by atoms with Crippen molar-refractivity contribution in [3.8, 4) is 0 Å². The van der Waals surface area contributed by atoms with Gasteiger partial charge in [0.25, 0.3) is 0 Å². The summed E-state index contributed by atoms with van der Waals surface area (Å²) in [6, 6.07) is 0. The van der Waals surface area contributed by atoms with E-state index in [9.17, 15) is 4.79 Å². The number of unbranched alkanes of at least 4 members (excludes halogenated alkanes) is 1. The Morgan fingerprint density at radius 2 is 2.26 bits per heavy atom. The molecule has 0 bridgehead atoms. The maximum absolute atomic E-state index is 11.0. The Labute approximate surface area is 114 Å². The van der Waals surface area contributed by atoms with Gasteiger partial charge in [-0.3, -0.25) is 4.68 Å². The smallest absolute Gasteiger partial charge is 0.339 e. The predicted molar refractivity (Wildman–Crippen MR) is 73.1 cm³/mol. The summed E-state index contributed by atoms with van der Waals surface area (Å²) in [7, 11) is 1.74. The molecule has 1 unspecified atom stereocenters. The highest BCUT2D eigenvalue weighted by Crippen LogP contribution is 2.15. The van der Waals surface area contributed by atoms with Crippen molar-refractivity contribution in [1.82, 2.24) is 9.78 Å². The minimum atomic E-state index is -0.954. The molecule has 0 aliphatic heterocycles. The van der Waals surface area contributed by atoms with Crippen LogP contribution in [0.1, 0.15) is 55.6 Å². The number of hydrogen-bond donors (Lipinski definition) is 1. The third-order valence-corrected chi connectivity index (χ3v) is 3.43. The lowest BCUT2D eigenvalue weighted by Gasteiger charge is -2.14. The van der Waals surface area contributed by atoms with Crippen LogP contribution in [0, 0.1) is 5.92 Å². The molecule has 1 heterocycles.